The highest BCUT2D eigenvalue weighted by Crippen LogP contribution is 2.32. The van der Waals surface area contributed by atoms with Crippen LogP contribution in [0, 0.1) is 0 Å². The summed E-state index contributed by atoms with van der Waals surface area (Å²) in [6.45, 7) is 4.30. The zero-order valence-electron chi connectivity index (χ0n) is 20.4. The summed E-state index contributed by atoms with van der Waals surface area (Å²) < 4.78 is 1.93. The van der Waals surface area contributed by atoms with Crippen LogP contribution in [0.5, 0.6) is 0 Å². The Kier molecular flexibility index (Phi) is 6.11. The third-order valence-electron chi connectivity index (χ3n) is 6.91. The molecule has 9 nitrogen and oxygen atoms in total. The molecular weight excluding hydrogens is 450 g/mol. The third kappa shape index (κ3) is 4.21. The van der Waals surface area contributed by atoms with Gasteiger partial charge in [0.15, 0.2) is 0 Å². The predicted octanol–water partition coefficient (Wildman–Crippen LogP) is 4.51. The number of hydrogen-bond donors (Lipinski definition) is 1. The number of tetrazole rings is 1. The minimum absolute atomic E-state index is 0.595. The van der Waals surface area contributed by atoms with Gasteiger partial charge in [-0.05, 0) is 47.6 Å². The SMILES string of the molecule is CCCc1c(Cc2ccc(-c3ccccc3-c3nn[nH]n3)cc2)c(N2CCCCC2)nc2ncnn12. The number of anilines is 1. The van der Waals surface area contributed by atoms with Gasteiger partial charge in [0.25, 0.3) is 5.78 Å². The second-order valence-corrected chi connectivity index (χ2v) is 9.28. The van der Waals surface area contributed by atoms with Crippen LogP contribution in [0.2, 0.25) is 0 Å². The molecule has 0 radical (unpaired) electrons. The van der Waals surface area contributed by atoms with Gasteiger partial charge in [-0.15, -0.1) is 10.2 Å². The van der Waals surface area contributed by atoms with E-state index < -0.39 is 0 Å². The average molecular weight is 480 g/mol. The van der Waals surface area contributed by atoms with Gasteiger partial charge in [-0.3, -0.25) is 0 Å². The Morgan fingerprint density at radius 2 is 1.75 bits per heavy atom. The monoisotopic (exact) mass is 479 g/mol. The first-order chi connectivity index (χ1) is 17.8. The van der Waals surface area contributed by atoms with Crippen molar-refractivity contribution in [2.24, 2.45) is 0 Å². The largest absolute Gasteiger partial charge is 0.356 e. The van der Waals surface area contributed by atoms with E-state index in [0.717, 1.165) is 54.9 Å². The third-order valence-corrected chi connectivity index (χ3v) is 6.91. The minimum atomic E-state index is 0.595. The molecule has 9 heteroatoms. The number of hydrogen-bond acceptors (Lipinski definition) is 7. The molecule has 3 aromatic heterocycles. The summed E-state index contributed by atoms with van der Waals surface area (Å²) in [4.78, 5) is 11.9. The summed E-state index contributed by atoms with van der Waals surface area (Å²) in [6, 6.07) is 16.9. The van der Waals surface area contributed by atoms with Crippen LogP contribution in [0.15, 0.2) is 54.9 Å². The van der Waals surface area contributed by atoms with Crippen LogP contribution in [0.3, 0.4) is 0 Å². The van der Waals surface area contributed by atoms with Crippen LogP contribution < -0.4 is 4.90 Å². The number of rotatable bonds is 7. The summed E-state index contributed by atoms with van der Waals surface area (Å²) in [6.07, 6.45) is 8.09. The molecule has 0 atom stereocenters. The molecule has 0 saturated carbocycles. The summed E-state index contributed by atoms with van der Waals surface area (Å²) in [5, 5.41) is 19.1. The van der Waals surface area contributed by atoms with Crippen molar-refractivity contribution in [3.63, 3.8) is 0 Å². The number of fused-ring (bicyclic) bond motifs is 1. The van der Waals surface area contributed by atoms with E-state index in [4.69, 9.17) is 4.98 Å². The van der Waals surface area contributed by atoms with E-state index in [1.807, 2.05) is 22.7 Å². The maximum Gasteiger partial charge on any atom is 0.254 e. The van der Waals surface area contributed by atoms with Gasteiger partial charge in [0, 0.05) is 30.6 Å². The van der Waals surface area contributed by atoms with E-state index in [9.17, 15) is 0 Å². The fraction of sp³-hybridized carbons (Fsp3) is 0.333. The van der Waals surface area contributed by atoms with E-state index in [-0.39, 0.29) is 0 Å². The highest BCUT2D eigenvalue weighted by Gasteiger charge is 2.22. The molecule has 1 saturated heterocycles. The number of H-pyrrole nitrogens is 1. The van der Waals surface area contributed by atoms with Gasteiger partial charge in [0.05, 0.1) is 5.69 Å². The lowest BCUT2D eigenvalue weighted by atomic mass is 9.95. The van der Waals surface area contributed by atoms with Crippen molar-refractivity contribution in [3.05, 3.63) is 71.7 Å². The molecule has 0 amide bonds. The number of nitrogens with one attached hydrogen (secondary N) is 1. The lowest BCUT2D eigenvalue weighted by molar-refractivity contribution is 0.570. The molecule has 182 valence electrons. The summed E-state index contributed by atoms with van der Waals surface area (Å²) in [5.41, 5.74) is 6.87. The van der Waals surface area contributed by atoms with Gasteiger partial charge in [0.2, 0.25) is 5.82 Å². The number of aryl methyl sites for hydroxylation is 1. The highest BCUT2D eigenvalue weighted by atomic mass is 15.5. The highest BCUT2D eigenvalue weighted by molar-refractivity contribution is 5.80. The van der Waals surface area contributed by atoms with Crippen LogP contribution in [-0.4, -0.2) is 53.3 Å². The lowest BCUT2D eigenvalue weighted by Crippen LogP contribution is -2.32. The fourth-order valence-corrected chi connectivity index (χ4v) is 5.18. The minimum Gasteiger partial charge on any atom is -0.356 e. The number of benzene rings is 2. The Balaban J connectivity index is 1.38. The quantitative estimate of drug-likeness (QED) is 0.367. The zero-order valence-corrected chi connectivity index (χ0v) is 20.4. The van der Waals surface area contributed by atoms with Gasteiger partial charge >= 0.3 is 0 Å². The number of piperidine rings is 1. The van der Waals surface area contributed by atoms with E-state index in [0.29, 0.717) is 11.6 Å². The molecule has 0 spiro atoms. The molecule has 0 aliphatic carbocycles. The van der Waals surface area contributed by atoms with Crippen molar-refractivity contribution in [1.82, 2.24) is 40.2 Å². The first-order valence-electron chi connectivity index (χ1n) is 12.7. The molecule has 6 rings (SSSR count). The Bertz CT molecular complexity index is 1450. The second kappa shape index (κ2) is 9.85. The second-order valence-electron chi connectivity index (χ2n) is 9.28. The molecule has 4 heterocycles. The van der Waals surface area contributed by atoms with Crippen molar-refractivity contribution in [1.29, 1.82) is 0 Å². The number of aromatic nitrogens is 8. The van der Waals surface area contributed by atoms with Crippen LogP contribution in [0.1, 0.15) is 49.4 Å². The maximum absolute atomic E-state index is 5.00. The van der Waals surface area contributed by atoms with Gasteiger partial charge in [-0.1, -0.05) is 61.9 Å². The Morgan fingerprint density at radius 1 is 0.944 bits per heavy atom. The molecule has 1 aliphatic heterocycles. The van der Waals surface area contributed by atoms with Crippen LogP contribution >= 0.6 is 0 Å². The number of aromatic amines is 1. The first-order valence-corrected chi connectivity index (χ1v) is 12.7. The average Bonchev–Trinajstić information content (AvgIpc) is 3.63. The van der Waals surface area contributed by atoms with Gasteiger partial charge in [-0.25, -0.2) is 4.52 Å². The van der Waals surface area contributed by atoms with Crippen LogP contribution in [0.4, 0.5) is 5.82 Å². The molecule has 1 fully saturated rings. The van der Waals surface area contributed by atoms with Crippen molar-refractivity contribution in [2.45, 2.75) is 45.4 Å². The van der Waals surface area contributed by atoms with Crippen molar-refractivity contribution in [3.8, 4) is 22.5 Å². The normalized spacial score (nSPS) is 14.0. The maximum atomic E-state index is 5.00. The fourth-order valence-electron chi connectivity index (χ4n) is 5.18. The standard InChI is InChI=1S/C27H29N9/c1-2-8-24-23(26(35-15-6-3-7-16-35)30-27-28-18-29-36(24)27)17-19-11-13-20(14-12-19)21-9-4-5-10-22(21)25-31-33-34-32-25/h4-5,9-14,18H,2-3,6-8,15-17H2,1H3,(H,31,32,33,34). The lowest BCUT2D eigenvalue weighted by Gasteiger charge is -2.30. The molecule has 5 aromatic rings. The Hall–Kier alpha value is -4.14. The zero-order chi connectivity index (χ0) is 24.3. The first kappa shape index (κ1) is 22.3. The molecular formula is C27H29N9. The van der Waals surface area contributed by atoms with E-state index in [1.54, 1.807) is 6.33 Å². The Labute approximate surface area is 209 Å². The summed E-state index contributed by atoms with van der Waals surface area (Å²) in [7, 11) is 0. The molecule has 1 N–H and O–H groups in total. The summed E-state index contributed by atoms with van der Waals surface area (Å²) >= 11 is 0. The van der Waals surface area contributed by atoms with Crippen molar-refractivity contribution < 1.29 is 0 Å². The molecule has 2 aromatic carbocycles. The molecule has 0 unspecified atom stereocenters. The van der Waals surface area contributed by atoms with E-state index in [1.165, 1.54) is 36.1 Å². The predicted molar refractivity (Wildman–Crippen MR) is 139 cm³/mol. The van der Waals surface area contributed by atoms with E-state index in [2.05, 4.69) is 72.9 Å². The smallest absolute Gasteiger partial charge is 0.254 e. The van der Waals surface area contributed by atoms with Crippen LogP contribution in [-0.2, 0) is 12.8 Å². The van der Waals surface area contributed by atoms with Gasteiger partial charge in [-0.2, -0.15) is 20.3 Å². The molecule has 1 aliphatic rings. The van der Waals surface area contributed by atoms with E-state index >= 15 is 0 Å². The van der Waals surface area contributed by atoms with Crippen LogP contribution in [0.25, 0.3) is 28.3 Å². The van der Waals surface area contributed by atoms with Gasteiger partial charge in [0.1, 0.15) is 12.1 Å². The topological polar surface area (TPSA) is 101 Å². The molecule has 0 bridgehead atoms. The number of nitrogens with zero attached hydrogens (tertiary/aromatic N) is 8. The van der Waals surface area contributed by atoms with Gasteiger partial charge < -0.3 is 4.90 Å². The molecule has 36 heavy (non-hydrogen) atoms. The van der Waals surface area contributed by atoms with Crippen molar-refractivity contribution in [2.75, 3.05) is 18.0 Å². The Morgan fingerprint density at radius 3 is 2.50 bits per heavy atom. The summed E-state index contributed by atoms with van der Waals surface area (Å²) in [5.74, 6) is 2.36. The van der Waals surface area contributed by atoms with Crippen molar-refractivity contribution >= 4 is 11.6 Å².